The Morgan fingerprint density at radius 3 is 2.12 bits per heavy atom. The standard InChI is InChI=1S/C66H82N14O14/c1-5-76(6-2)49-17-19-53-56(37-49)94-57-38-50(77(7-3)8-4)18-20-54(57)59(53)51-11-9-10-12-52(51)64(84)79-23-21-78(22-24-79)58(81)44-93-36-33-90-30-29-89-31-34-91-42-48-41-80(75-74-48)25-26-87-27-28-88-32-35-92-43-55(65(85)86)71-62(82)45-13-15-46(16-14-45)68-39-47-40-69-61-60(70-47)63(83)73-66(67)72-61/h9-20,37-38,40-41,55H,5-8,21-36,39,42-44H2,1-4H3,(H5-,67,68,69,71,72,73,82,83,85,86)/p+1/t55-/m0/s1. The molecule has 0 radical (unpaired) electrons. The predicted molar refractivity (Wildman–Crippen MR) is 350 cm³/mol. The zero-order valence-electron chi connectivity index (χ0n) is 53.6. The number of fused-ring (bicyclic) bond motifs is 3. The van der Waals surface area contributed by atoms with E-state index in [2.05, 4.69) is 114 Å². The van der Waals surface area contributed by atoms with E-state index in [1.54, 1.807) is 27.9 Å². The minimum atomic E-state index is -1.29. The summed E-state index contributed by atoms with van der Waals surface area (Å²) >= 11 is 0. The van der Waals surface area contributed by atoms with Gasteiger partial charge in [0, 0.05) is 90.4 Å². The number of nitrogens with two attached hydrogens (primary N) is 1. The number of carbonyl (C=O) groups is 4. The highest BCUT2D eigenvalue weighted by Crippen LogP contribution is 2.42. The molecule has 0 unspecified atom stereocenters. The van der Waals surface area contributed by atoms with Gasteiger partial charge < -0.3 is 73.7 Å². The number of benzene rings is 4. The van der Waals surface area contributed by atoms with Crippen molar-refractivity contribution < 1.29 is 61.9 Å². The summed E-state index contributed by atoms with van der Waals surface area (Å²) < 4.78 is 49.9. The summed E-state index contributed by atoms with van der Waals surface area (Å²) in [5.41, 5.74) is 12.4. The van der Waals surface area contributed by atoms with Crippen LogP contribution in [0.1, 0.15) is 59.8 Å². The number of aromatic nitrogens is 7. The van der Waals surface area contributed by atoms with Crippen molar-refractivity contribution in [2.45, 2.75) is 53.4 Å². The smallest absolute Gasteiger partial charge is 0.328 e. The monoisotopic (exact) mass is 1300 g/mol. The Hall–Kier alpha value is -9.29. The number of amides is 3. The summed E-state index contributed by atoms with van der Waals surface area (Å²) in [6.07, 6.45) is 3.24. The van der Waals surface area contributed by atoms with E-state index >= 15 is 0 Å². The first kappa shape index (κ1) is 69.1. The average molecular weight is 1300 g/mol. The number of nitrogens with one attached hydrogen (secondary N) is 3. The fourth-order valence-electron chi connectivity index (χ4n) is 10.6. The van der Waals surface area contributed by atoms with E-state index in [9.17, 15) is 29.1 Å². The highest BCUT2D eigenvalue weighted by atomic mass is 16.6. The van der Waals surface area contributed by atoms with Crippen molar-refractivity contribution in [2.24, 2.45) is 0 Å². The zero-order valence-corrected chi connectivity index (χ0v) is 53.6. The molecule has 28 nitrogen and oxygen atoms in total. The Morgan fingerprint density at radius 1 is 0.745 bits per heavy atom. The lowest BCUT2D eigenvalue weighted by molar-refractivity contribution is -0.141. The van der Waals surface area contributed by atoms with E-state index in [0.29, 0.717) is 102 Å². The van der Waals surface area contributed by atoms with Crippen LogP contribution >= 0.6 is 0 Å². The van der Waals surface area contributed by atoms with Crippen LogP contribution < -0.4 is 36.8 Å². The quantitative estimate of drug-likeness (QED) is 0.0207. The summed E-state index contributed by atoms with van der Waals surface area (Å²) in [6, 6.07) is 25.6. The van der Waals surface area contributed by atoms with Crippen LogP contribution in [0.15, 0.2) is 107 Å². The van der Waals surface area contributed by atoms with Crippen molar-refractivity contribution in [1.29, 1.82) is 0 Å². The molecule has 9 rings (SSSR count). The van der Waals surface area contributed by atoms with Gasteiger partial charge in [-0.05, 0) is 81.8 Å². The molecule has 500 valence electrons. The molecule has 94 heavy (non-hydrogen) atoms. The van der Waals surface area contributed by atoms with Crippen LogP contribution in [0.5, 0.6) is 0 Å². The highest BCUT2D eigenvalue weighted by molar-refractivity contribution is 6.09. The van der Waals surface area contributed by atoms with Crippen molar-refractivity contribution in [3.63, 3.8) is 0 Å². The van der Waals surface area contributed by atoms with Gasteiger partial charge in [0.05, 0.1) is 123 Å². The zero-order chi connectivity index (χ0) is 66.2. The van der Waals surface area contributed by atoms with E-state index in [4.69, 9.17) is 43.3 Å². The number of anilines is 3. The molecular weight excluding hydrogens is 1210 g/mol. The second kappa shape index (κ2) is 35.1. The van der Waals surface area contributed by atoms with Gasteiger partial charge in [-0.25, -0.2) is 24.0 Å². The lowest BCUT2D eigenvalue weighted by Crippen LogP contribution is -2.51. The third-order valence-corrected chi connectivity index (χ3v) is 15.7. The van der Waals surface area contributed by atoms with Crippen LogP contribution in [0.4, 0.5) is 17.3 Å². The Morgan fingerprint density at radius 2 is 1.41 bits per heavy atom. The van der Waals surface area contributed by atoms with Crippen LogP contribution in [0.2, 0.25) is 0 Å². The molecule has 3 aromatic carbocycles. The number of hydrogen-bond donors (Lipinski definition) is 5. The summed E-state index contributed by atoms with van der Waals surface area (Å²) in [7, 11) is 0. The Balaban J connectivity index is 0.576. The summed E-state index contributed by atoms with van der Waals surface area (Å²) in [4.78, 5) is 85.2. The maximum atomic E-state index is 14.5. The number of piperazine rings is 1. The molecule has 28 heteroatoms. The number of ether oxygens (including phenoxy) is 7. The van der Waals surface area contributed by atoms with Crippen LogP contribution in [-0.2, 0) is 62.4 Å². The van der Waals surface area contributed by atoms with Crippen molar-refractivity contribution in [2.75, 3.05) is 154 Å². The van der Waals surface area contributed by atoms with E-state index in [1.807, 2.05) is 29.2 Å². The number of aliphatic carboxylic acids is 1. The van der Waals surface area contributed by atoms with E-state index in [1.165, 1.54) is 18.3 Å². The molecular formula is C66H83N14O14+. The van der Waals surface area contributed by atoms with Crippen LogP contribution in [0, 0.1) is 0 Å². The molecule has 0 saturated carbocycles. The number of nitrogens with zero attached hydrogens (tertiary/aromatic N) is 10. The van der Waals surface area contributed by atoms with Gasteiger partial charge in [0.2, 0.25) is 17.2 Å². The van der Waals surface area contributed by atoms with Crippen molar-refractivity contribution >= 4 is 63.1 Å². The lowest BCUT2D eigenvalue weighted by atomic mass is 9.90. The number of H-pyrrole nitrogens is 1. The second-order valence-corrected chi connectivity index (χ2v) is 21.8. The Labute approximate surface area is 543 Å². The minimum absolute atomic E-state index is 0.0557. The Bertz CT molecular complexity index is 3900. The van der Waals surface area contributed by atoms with Gasteiger partial charge in [-0.2, -0.15) is 4.98 Å². The third kappa shape index (κ3) is 18.9. The summed E-state index contributed by atoms with van der Waals surface area (Å²) in [6.45, 7) is 17.4. The maximum Gasteiger partial charge on any atom is 0.328 e. The highest BCUT2D eigenvalue weighted by Gasteiger charge is 2.29. The molecule has 0 bridgehead atoms. The maximum absolute atomic E-state index is 14.5. The molecule has 3 aromatic heterocycles. The third-order valence-electron chi connectivity index (χ3n) is 15.7. The molecule has 2 aliphatic heterocycles. The van der Waals surface area contributed by atoms with Gasteiger partial charge in [0.15, 0.2) is 17.2 Å². The second-order valence-electron chi connectivity index (χ2n) is 21.8. The number of hydrogen-bond acceptors (Lipinski definition) is 21. The molecule has 1 saturated heterocycles. The van der Waals surface area contributed by atoms with E-state index in [-0.39, 0.29) is 87.3 Å². The summed E-state index contributed by atoms with van der Waals surface area (Å²) in [5.74, 6) is -1.37. The number of rotatable bonds is 37. The average Bonchev–Trinajstić information content (AvgIpc) is 0.793. The topological polar surface area (TPSA) is 331 Å². The molecule has 5 heterocycles. The number of nitrogen functional groups attached to an aromatic ring is 1. The first-order valence-electron chi connectivity index (χ1n) is 31.7. The van der Waals surface area contributed by atoms with Crippen molar-refractivity contribution in [3.8, 4) is 22.5 Å². The number of aromatic amines is 1. The molecule has 1 aliphatic carbocycles. The molecule has 1 fully saturated rings. The fourth-order valence-corrected chi connectivity index (χ4v) is 10.6. The fraction of sp³-hybridized carbons (Fsp3) is 0.439. The molecule has 6 aromatic rings. The van der Waals surface area contributed by atoms with Gasteiger partial charge in [0.25, 0.3) is 17.4 Å². The number of carboxylic acid groups (broad SMARTS) is 1. The van der Waals surface area contributed by atoms with Gasteiger partial charge in [-0.15, -0.1) is 5.10 Å². The molecule has 3 aliphatic rings. The predicted octanol–water partition coefficient (Wildman–Crippen LogP) is 4.16. The minimum Gasteiger partial charge on any atom is -0.480 e. The Kier molecular flexibility index (Phi) is 25.8. The van der Waals surface area contributed by atoms with Gasteiger partial charge in [0.1, 0.15) is 36.7 Å². The van der Waals surface area contributed by atoms with Crippen LogP contribution in [0.25, 0.3) is 44.6 Å². The number of carboxylic acids is 1. The van der Waals surface area contributed by atoms with Crippen LogP contribution in [0.3, 0.4) is 0 Å². The summed E-state index contributed by atoms with van der Waals surface area (Å²) in [5, 5.41) is 25.5. The first-order chi connectivity index (χ1) is 45.8. The lowest BCUT2D eigenvalue weighted by Gasteiger charge is -2.35. The molecule has 0 spiro atoms. The number of carbonyl (C=O) groups excluding carboxylic acids is 3. The van der Waals surface area contributed by atoms with Gasteiger partial charge >= 0.3 is 5.97 Å². The molecule has 1 atom stereocenters. The largest absolute Gasteiger partial charge is 0.480 e. The SMILES string of the molecule is CCN(CC)c1ccc2c(-c3ccccc3C(=O)N3CCN(C(=O)COCCOCCOCCOCc4cn(CCOCCOCCOC[C@H](NC(=O)c5ccc(NCc6cnc7nc(N)[nH]c(=O)c7n6)cc5)C(=O)O)nn4)CC3)c3ccc(=[N+](CC)CC)cc-3oc2c1. The van der Waals surface area contributed by atoms with Crippen LogP contribution in [-0.4, -0.2) is 218 Å². The van der Waals surface area contributed by atoms with Crippen molar-refractivity contribution in [3.05, 3.63) is 136 Å². The normalized spacial score (nSPS) is 12.8. The molecule has 3 amide bonds. The van der Waals surface area contributed by atoms with E-state index < -0.39 is 23.5 Å². The van der Waals surface area contributed by atoms with E-state index in [0.717, 1.165) is 70.6 Å². The first-order valence-corrected chi connectivity index (χ1v) is 31.7. The van der Waals surface area contributed by atoms with Gasteiger partial charge in [-0.1, -0.05) is 23.4 Å². The molecule has 6 N–H and O–H groups in total. The van der Waals surface area contributed by atoms with Crippen molar-refractivity contribution in [1.82, 2.24) is 54.6 Å². The van der Waals surface area contributed by atoms with Gasteiger partial charge in [-0.3, -0.25) is 24.2 Å².